The molecule has 1 saturated heterocycles. The Kier molecular flexibility index (Phi) is 3.89. The van der Waals surface area contributed by atoms with Crippen LogP contribution in [0, 0.1) is 5.92 Å². The van der Waals surface area contributed by atoms with E-state index in [1.807, 2.05) is 13.8 Å². The number of likely N-dealkylation sites (tertiary alicyclic amines) is 1. The molecule has 1 atom stereocenters. The summed E-state index contributed by atoms with van der Waals surface area (Å²) in [6.45, 7) is 4.69. The molecule has 86 valence electrons. The molecule has 15 heavy (non-hydrogen) atoms. The number of carbonyl (C=O) groups is 1. The fourth-order valence-electron chi connectivity index (χ4n) is 2.05. The molecule has 0 aromatic rings. The van der Waals surface area contributed by atoms with Gasteiger partial charge in [-0.2, -0.15) is 0 Å². The quantitative estimate of drug-likeness (QED) is 0.531. The lowest BCUT2D eigenvalue weighted by molar-refractivity contribution is -0.752. The molecule has 1 heterocycles. The number of quaternary nitrogens is 1. The van der Waals surface area contributed by atoms with E-state index in [0.29, 0.717) is 13.1 Å². The van der Waals surface area contributed by atoms with Crippen LogP contribution in [0.3, 0.4) is 0 Å². The van der Waals surface area contributed by atoms with E-state index in [9.17, 15) is 14.8 Å². The van der Waals surface area contributed by atoms with Crippen LogP contribution in [0.1, 0.15) is 26.7 Å². The average Bonchev–Trinajstić information content (AvgIpc) is 2.65. The minimum absolute atomic E-state index is 0.0202. The lowest BCUT2D eigenvalue weighted by Crippen LogP contribution is -2.65. The van der Waals surface area contributed by atoms with Crippen molar-refractivity contribution in [2.24, 2.45) is 11.7 Å². The molecular weight excluding hydrogens is 195 g/mol. The Labute approximate surface area is 90.6 Å². The average molecular weight is 215 g/mol. The van der Waals surface area contributed by atoms with Gasteiger partial charge in [-0.05, 0) is 5.92 Å². The first-order chi connectivity index (χ1) is 6.92. The van der Waals surface area contributed by atoms with Crippen LogP contribution in [0.5, 0.6) is 0 Å². The number of hydrogen-bond acceptors (Lipinski definition) is 4. The second kappa shape index (κ2) is 4.61. The summed E-state index contributed by atoms with van der Waals surface area (Å²) in [4.78, 5) is 12.1. The van der Waals surface area contributed by atoms with Gasteiger partial charge < -0.3 is 15.8 Å². The maximum absolute atomic E-state index is 12.1. The first-order valence-electron chi connectivity index (χ1n) is 5.44. The Balaban J connectivity index is 2.86. The first kappa shape index (κ1) is 12.6. The van der Waals surface area contributed by atoms with E-state index >= 15 is 0 Å². The van der Waals surface area contributed by atoms with Gasteiger partial charge in [0, 0.05) is 12.8 Å². The molecule has 0 aliphatic carbocycles. The Morgan fingerprint density at radius 3 is 2.13 bits per heavy atom. The topological polar surface area (TPSA) is 83.6 Å². The van der Waals surface area contributed by atoms with E-state index in [4.69, 9.17) is 5.73 Å². The molecule has 6 heteroatoms. The summed E-state index contributed by atoms with van der Waals surface area (Å²) in [5.74, 6) is -0.232. The lowest BCUT2D eigenvalue weighted by atomic mass is 9.94. The van der Waals surface area contributed by atoms with E-state index in [2.05, 4.69) is 0 Å². The molecule has 5 nitrogen and oxygen atoms in total. The fourth-order valence-corrected chi connectivity index (χ4v) is 2.05. The highest BCUT2D eigenvalue weighted by Crippen LogP contribution is 2.23. The maximum atomic E-state index is 12.1. The van der Waals surface area contributed by atoms with Gasteiger partial charge in [-0.3, -0.25) is 4.39 Å². The standard InChI is InChI=1S/C9H20BN2O3/c1-7(2)8(11)9(13)12(10(14)15)5-3-4-6-12/h7-8,14-15H,3-6,11H2,1-2H3/q+1/t8-/m1/s1. The highest BCUT2D eigenvalue weighted by atomic mass is 16.4. The number of rotatable bonds is 3. The SMILES string of the molecule is CC(C)[C@@H](N)C(=O)[N+]1(B(O)O)CCCC1. The van der Waals surface area contributed by atoms with Crippen molar-refractivity contribution < 1.29 is 19.2 Å². The van der Waals surface area contributed by atoms with Gasteiger partial charge in [0.1, 0.15) is 6.04 Å². The number of carbonyl (C=O) groups excluding carboxylic acids is 1. The highest BCUT2D eigenvalue weighted by Gasteiger charge is 2.53. The summed E-state index contributed by atoms with van der Waals surface area (Å²) in [5.41, 5.74) is 5.78. The highest BCUT2D eigenvalue weighted by molar-refractivity contribution is 6.35. The van der Waals surface area contributed by atoms with Crippen LogP contribution in [0.25, 0.3) is 0 Å². The van der Waals surface area contributed by atoms with Crippen molar-refractivity contribution in [2.45, 2.75) is 32.7 Å². The van der Waals surface area contributed by atoms with Gasteiger partial charge in [0.15, 0.2) is 0 Å². The van der Waals surface area contributed by atoms with Gasteiger partial charge in [-0.15, -0.1) is 0 Å². The van der Waals surface area contributed by atoms with Crippen LogP contribution >= 0.6 is 0 Å². The van der Waals surface area contributed by atoms with Crippen molar-refractivity contribution in [1.82, 2.24) is 0 Å². The van der Waals surface area contributed by atoms with Crippen molar-refractivity contribution in [1.29, 1.82) is 0 Å². The Hall–Kier alpha value is -0.425. The van der Waals surface area contributed by atoms with Gasteiger partial charge in [0.05, 0.1) is 13.1 Å². The molecule has 0 saturated carbocycles. The van der Waals surface area contributed by atoms with E-state index in [1.165, 1.54) is 0 Å². The van der Waals surface area contributed by atoms with Crippen LogP contribution in [0.4, 0.5) is 0 Å². The van der Waals surface area contributed by atoms with Crippen molar-refractivity contribution >= 4 is 13.2 Å². The van der Waals surface area contributed by atoms with Crippen LogP contribution < -0.4 is 5.73 Å². The maximum Gasteiger partial charge on any atom is 0.761 e. The molecule has 0 unspecified atom stereocenters. The van der Waals surface area contributed by atoms with Gasteiger partial charge >= 0.3 is 13.2 Å². The summed E-state index contributed by atoms with van der Waals surface area (Å²) in [6.07, 6.45) is 1.68. The summed E-state index contributed by atoms with van der Waals surface area (Å²) in [5, 5.41) is 18.7. The number of nitrogens with zero attached hydrogens (tertiary/aromatic N) is 1. The van der Waals surface area contributed by atoms with Gasteiger partial charge in [-0.25, -0.2) is 4.79 Å². The number of amides is 1. The second-order valence-corrected chi connectivity index (χ2v) is 4.64. The van der Waals surface area contributed by atoms with E-state index in [-0.39, 0.29) is 16.2 Å². The Bertz CT molecular complexity index is 240. The van der Waals surface area contributed by atoms with Gasteiger partial charge in [0.2, 0.25) is 0 Å². The van der Waals surface area contributed by atoms with Gasteiger partial charge in [0.25, 0.3) is 0 Å². The molecule has 0 aromatic heterocycles. The molecule has 0 bridgehead atoms. The second-order valence-electron chi connectivity index (χ2n) is 4.64. The number of hydrogen-bond donors (Lipinski definition) is 3. The van der Waals surface area contributed by atoms with E-state index in [0.717, 1.165) is 12.8 Å². The van der Waals surface area contributed by atoms with Crippen LogP contribution in [-0.2, 0) is 4.79 Å². The van der Waals surface area contributed by atoms with Crippen LogP contribution in [0.2, 0.25) is 0 Å². The summed E-state index contributed by atoms with van der Waals surface area (Å²) in [7, 11) is -1.63. The van der Waals surface area contributed by atoms with Crippen molar-refractivity contribution in [3.8, 4) is 0 Å². The third-order valence-corrected chi connectivity index (χ3v) is 3.25. The Morgan fingerprint density at radius 1 is 1.33 bits per heavy atom. The summed E-state index contributed by atoms with van der Waals surface area (Å²) < 4.78 is -0.278. The zero-order valence-electron chi connectivity index (χ0n) is 9.39. The smallest absolute Gasteiger partial charge is 0.370 e. The van der Waals surface area contributed by atoms with Crippen molar-refractivity contribution in [2.75, 3.05) is 13.1 Å². The monoisotopic (exact) mass is 215 g/mol. The minimum atomic E-state index is -1.63. The summed E-state index contributed by atoms with van der Waals surface area (Å²) >= 11 is 0. The van der Waals surface area contributed by atoms with Crippen LogP contribution in [-0.4, -0.2) is 46.7 Å². The van der Waals surface area contributed by atoms with Gasteiger partial charge in [-0.1, -0.05) is 13.8 Å². The molecule has 1 fully saturated rings. The zero-order valence-corrected chi connectivity index (χ0v) is 9.39. The van der Waals surface area contributed by atoms with E-state index < -0.39 is 13.3 Å². The largest absolute Gasteiger partial charge is 0.761 e. The molecule has 0 aromatic carbocycles. The third kappa shape index (κ3) is 2.23. The number of nitrogens with two attached hydrogens (primary N) is 1. The zero-order chi connectivity index (χ0) is 11.6. The molecular formula is C9H20BN2O3+. The molecule has 0 radical (unpaired) electrons. The van der Waals surface area contributed by atoms with E-state index in [1.54, 1.807) is 0 Å². The predicted octanol–water partition coefficient (Wildman–Crippen LogP) is -0.924. The molecule has 1 amide bonds. The van der Waals surface area contributed by atoms with Crippen molar-refractivity contribution in [3.63, 3.8) is 0 Å². The third-order valence-electron chi connectivity index (χ3n) is 3.25. The molecule has 1 aliphatic heterocycles. The first-order valence-corrected chi connectivity index (χ1v) is 5.44. The molecule has 1 rings (SSSR count). The predicted molar refractivity (Wildman–Crippen MR) is 57.2 cm³/mol. The fraction of sp³-hybridized carbons (Fsp3) is 0.889. The minimum Gasteiger partial charge on any atom is -0.370 e. The normalized spacial score (nSPS) is 21.7. The lowest BCUT2D eigenvalue weighted by Gasteiger charge is -2.33. The molecule has 0 spiro atoms. The van der Waals surface area contributed by atoms with Crippen molar-refractivity contribution in [3.05, 3.63) is 0 Å². The van der Waals surface area contributed by atoms with Crippen LogP contribution in [0.15, 0.2) is 0 Å². The molecule has 1 aliphatic rings. The summed E-state index contributed by atoms with van der Waals surface area (Å²) in [6, 6.07) is -0.620. The Morgan fingerprint density at radius 2 is 1.80 bits per heavy atom. The molecule has 4 N–H and O–H groups in total.